The van der Waals surface area contributed by atoms with E-state index in [0.29, 0.717) is 5.92 Å². The smallest absolute Gasteiger partial charge is 0.159 e. The molecular weight excluding hydrogens is 851 g/mol. The van der Waals surface area contributed by atoms with E-state index in [2.05, 4.69) is 269 Å². The summed E-state index contributed by atoms with van der Waals surface area (Å²) >= 11 is 0. The molecule has 12 aromatic rings. The molecule has 4 nitrogen and oxygen atoms in total. The highest BCUT2D eigenvalue weighted by Crippen LogP contribution is 2.44. The van der Waals surface area contributed by atoms with E-state index in [1.54, 1.807) is 0 Å². The highest BCUT2D eigenvalue weighted by molar-refractivity contribution is 6.11. The van der Waals surface area contributed by atoms with Crippen LogP contribution in [0, 0.1) is 0 Å². The zero-order chi connectivity index (χ0) is 46.4. The monoisotopic (exact) mass is 897 g/mol. The minimum absolute atomic E-state index is 0.333. The summed E-state index contributed by atoms with van der Waals surface area (Å²) in [4.78, 5) is 4.73. The summed E-state index contributed by atoms with van der Waals surface area (Å²) in [5.74, 6) is 0.333. The van der Waals surface area contributed by atoms with E-state index in [1.807, 2.05) is 12.1 Å². The van der Waals surface area contributed by atoms with Gasteiger partial charge in [-0.15, -0.1) is 0 Å². The highest BCUT2D eigenvalue weighted by atomic mass is 16.3. The summed E-state index contributed by atoms with van der Waals surface area (Å²) in [6.07, 6.45) is 7.99. The van der Waals surface area contributed by atoms with Gasteiger partial charge in [-0.1, -0.05) is 176 Å². The number of hydrogen-bond acceptors (Lipinski definition) is 3. The van der Waals surface area contributed by atoms with E-state index < -0.39 is 0 Å². The molecule has 332 valence electrons. The van der Waals surface area contributed by atoms with Crippen molar-refractivity contribution in [3.8, 4) is 27.9 Å². The van der Waals surface area contributed by atoms with Crippen LogP contribution in [0.5, 0.6) is 0 Å². The van der Waals surface area contributed by atoms with Gasteiger partial charge in [0, 0.05) is 61.6 Å². The lowest BCUT2D eigenvalue weighted by atomic mass is 9.91. The fourth-order valence-corrected chi connectivity index (χ4v) is 10.5. The van der Waals surface area contributed by atoms with Crippen LogP contribution in [0.1, 0.15) is 17.9 Å². The Bertz CT molecular complexity index is 3890. The Kier molecular flexibility index (Phi) is 10.3. The lowest BCUT2D eigenvalue weighted by Crippen LogP contribution is -2.17. The molecule has 1 aliphatic carbocycles. The molecule has 0 saturated heterocycles. The Hall–Kier alpha value is -9.12. The molecule has 1 atom stereocenters. The van der Waals surface area contributed by atoms with Crippen LogP contribution in [-0.4, -0.2) is 4.57 Å². The van der Waals surface area contributed by atoms with Crippen molar-refractivity contribution in [1.29, 1.82) is 0 Å². The van der Waals surface area contributed by atoms with Crippen molar-refractivity contribution < 1.29 is 4.42 Å². The second kappa shape index (κ2) is 17.5. The van der Waals surface area contributed by atoms with Gasteiger partial charge in [0.15, 0.2) is 5.58 Å². The quantitative estimate of drug-likeness (QED) is 0.137. The Balaban J connectivity index is 0.871. The molecule has 1 aliphatic rings. The van der Waals surface area contributed by atoms with Crippen LogP contribution >= 0.6 is 0 Å². The molecule has 0 fully saturated rings. The number of furan rings is 1. The highest BCUT2D eigenvalue weighted by Gasteiger charge is 2.22. The first-order chi connectivity index (χ1) is 34.7. The summed E-state index contributed by atoms with van der Waals surface area (Å²) in [5.41, 5.74) is 17.7. The van der Waals surface area contributed by atoms with Crippen molar-refractivity contribution in [3.05, 3.63) is 278 Å². The topological polar surface area (TPSA) is 24.6 Å². The van der Waals surface area contributed by atoms with E-state index in [4.69, 9.17) is 4.42 Å². The molecule has 0 N–H and O–H groups in total. The van der Waals surface area contributed by atoms with Crippen molar-refractivity contribution in [1.82, 2.24) is 4.57 Å². The van der Waals surface area contributed by atoms with Crippen molar-refractivity contribution in [2.45, 2.75) is 12.3 Å². The van der Waals surface area contributed by atoms with Crippen LogP contribution in [0.15, 0.2) is 277 Å². The van der Waals surface area contributed by atoms with Gasteiger partial charge in [-0.3, -0.25) is 0 Å². The van der Waals surface area contributed by atoms with Gasteiger partial charge in [0.05, 0.1) is 16.7 Å². The minimum Gasteiger partial charge on any atom is -0.454 e. The van der Waals surface area contributed by atoms with Crippen LogP contribution in [0.25, 0.3) is 71.7 Å². The molecule has 1 unspecified atom stereocenters. The molecule has 0 amide bonds. The molecule has 4 heteroatoms. The Morgan fingerprint density at radius 1 is 0.400 bits per heavy atom. The molecule has 0 spiro atoms. The van der Waals surface area contributed by atoms with Gasteiger partial charge < -0.3 is 18.8 Å². The zero-order valence-corrected chi connectivity index (χ0v) is 38.4. The summed E-state index contributed by atoms with van der Waals surface area (Å²) in [6.45, 7) is 0. The van der Waals surface area contributed by atoms with Gasteiger partial charge in [0.25, 0.3) is 0 Å². The number of rotatable bonds is 10. The molecule has 10 aromatic carbocycles. The van der Waals surface area contributed by atoms with Gasteiger partial charge in [-0.05, 0) is 125 Å². The van der Waals surface area contributed by atoms with Crippen molar-refractivity contribution in [3.63, 3.8) is 0 Å². The summed E-state index contributed by atoms with van der Waals surface area (Å²) in [5, 5.41) is 4.66. The Labute approximate surface area is 407 Å². The first kappa shape index (κ1) is 41.1. The first-order valence-electron chi connectivity index (χ1n) is 24.1. The molecule has 0 radical (unpaired) electrons. The number of fused-ring (bicyclic) bond motifs is 6. The molecule has 70 heavy (non-hydrogen) atoms. The number of aromatic nitrogens is 1. The third-order valence-electron chi connectivity index (χ3n) is 13.9. The summed E-state index contributed by atoms with van der Waals surface area (Å²) in [7, 11) is 0. The second-order valence-corrected chi connectivity index (χ2v) is 18.1. The van der Waals surface area contributed by atoms with Crippen LogP contribution < -0.4 is 9.80 Å². The third kappa shape index (κ3) is 7.34. The van der Waals surface area contributed by atoms with Gasteiger partial charge in [-0.25, -0.2) is 0 Å². The van der Waals surface area contributed by atoms with Gasteiger partial charge in [-0.2, -0.15) is 0 Å². The van der Waals surface area contributed by atoms with Crippen molar-refractivity contribution in [2.75, 3.05) is 9.80 Å². The van der Waals surface area contributed by atoms with Crippen LogP contribution in [-0.2, 0) is 0 Å². The van der Waals surface area contributed by atoms with Gasteiger partial charge in [0.2, 0.25) is 0 Å². The van der Waals surface area contributed by atoms with Crippen LogP contribution in [0.4, 0.5) is 28.4 Å². The molecule has 0 saturated carbocycles. The standard InChI is InChI=1S/C66H47N3O/c1-4-15-46(16-5-1)48-27-35-53(36-28-48)67(57-43-44-63-61(45-57)58-21-10-12-24-62(58)69(63)52-19-8-3-9-20-52)54-37-29-50(30-38-54)51-33-41-56(42-34-51)68(55-39-31-49(32-40-55)47-17-6-2-7-18-47)64-25-14-23-60-59-22-11-13-26-65(59)70-66(60)64/h1-27,29-45,48H,28H2. The van der Waals surface area contributed by atoms with E-state index in [1.165, 1.54) is 38.5 Å². The Morgan fingerprint density at radius 3 is 1.59 bits per heavy atom. The predicted octanol–water partition coefficient (Wildman–Crippen LogP) is 18.3. The average molecular weight is 898 g/mol. The fraction of sp³-hybridized carbons (Fsp3) is 0.0303. The maximum absolute atomic E-state index is 6.63. The van der Waals surface area contributed by atoms with Crippen molar-refractivity contribution >= 4 is 72.2 Å². The minimum atomic E-state index is 0.333. The zero-order valence-electron chi connectivity index (χ0n) is 38.4. The first-order valence-corrected chi connectivity index (χ1v) is 24.1. The number of hydrogen-bond donors (Lipinski definition) is 0. The molecule has 0 aliphatic heterocycles. The molecule has 2 aromatic heterocycles. The molecule has 13 rings (SSSR count). The second-order valence-electron chi connectivity index (χ2n) is 18.1. The van der Waals surface area contributed by atoms with E-state index in [-0.39, 0.29) is 0 Å². The summed E-state index contributed by atoms with van der Waals surface area (Å²) < 4.78 is 9.01. The van der Waals surface area contributed by atoms with Crippen LogP contribution in [0.3, 0.4) is 0 Å². The van der Waals surface area contributed by atoms with Crippen LogP contribution in [0.2, 0.25) is 0 Å². The van der Waals surface area contributed by atoms with E-state index in [9.17, 15) is 0 Å². The summed E-state index contributed by atoms with van der Waals surface area (Å²) in [6, 6.07) is 89.2. The molecule has 0 bridgehead atoms. The lowest BCUT2D eigenvalue weighted by Gasteiger charge is -2.29. The SMILES string of the molecule is C1=CC(c2ccccc2)CC=C1N(c1ccc(-c2ccc(N(c3ccc(-c4ccccc4)cc3)c3cccc4c3oc3ccccc34)cc2)cc1)c1ccc2c(c1)c1ccccc1n2-c1ccccc1. The lowest BCUT2D eigenvalue weighted by molar-refractivity contribution is 0.669. The number of nitrogens with zero attached hydrogens (tertiary/aromatic N) is 3. The number of benzene rings is 10. The fourth-order valence-electron chi connectivity index (χ4n) is 10.5. The van der Waals surface area contributed by atoms with E-state index in [0.717, 1.165) is 79.3 Å². The third-order valence-corrected chi connectivity index (χ3v) is 13.9. The van der Waals surface area contributed by atoms with Crippen molar-refractivity contribution in [2.24, 2.45) is 0 Å². The van der Waals surface area contributed by atoms with E-state index >= 15 is 0 Å². The maximum atomic E-state index is 6.63. The Morgan fingerprint density at radius 2 is 0.929 bits per heavy atom. The predicted molar refractivity (Wildman–Crippen MR) is 293 cm³/mol. The van der Waals surface area contributed by atoms with Gasteiger partial charge in [0.1, 0.15) is 5.58 Å². The maximum Gasteiger partial charge on any atom is 0.159 e. The van der Waals surface area contributed by atoms with Gasteiger partial charge >= 0.3 is 0 Å². The largest absolute Gasteiger partial charge is 0.454 e. The molecule has 2 heterocycles. The number of allylic oxidation sites excluding steroid dienone is 3. The number of anilines is 5. The molecular formula is C66H47N3O. The normalized spacial score (nSPS) is 13.5. The number of para-hydroxylation sites is 4. The average Bonchev–Trinajstić information content (AvgIpc) is 3.99.